The van der Waals surface area contributed by atoms with Crippen molar-refractivity contribution in [3.8, 4) is 0 Å². The zero-order valence-electron chi connectivity index (χ0n) is 21.0. The van der Waals surface area contributed by atoms with Crippen LogP contribution in [0.3, 0.4) is 0 Å². The molecule has 31 heavy (non-hydrogen) atoms. The largest absolute Gasteiger partial charge is 0.275 e. The maximum absolute atomic E-state index is 12.3. The first kappa shape index (κ1) is 27.9. The molecule has 3 heteroatoms. The smallest absolute Gasteiger partial charge is 0.230 e. The molecule has 3 nitrogen and oxygen atoms in total. The van der Waals surface area contributed by atoms with Gasteiger partial charge in [0.25, 0.3) is 0 Å². The maximum Gasteiger partial charge on any atom is 0.230 e. The molecule has 1 aliphatic rings. The van der Waals surface area contributed by atoms with Crippen LogP contribution in [0.5, 0.6) is 0 Å². The lowest BCUT2D eigenvalue weighted by Gasteiger charge is -2.29. The molecular weight excluding hydrogens is 382 g/mol. The van der Waals surface area contributed by atoms with E-state index >= 15 is 0 Å². The van der Waals surface area contributed by atoms with Crippen molar-refractivity contribution < 1.29 is 9.59 Å². The van der Waals surface area contributed by atoms with Crippen LogP contribution in [0.1, 0.15) is 143 Å². The molecular formula is C28H51NO2. The molecule has 2 amide bonds. The lowest BCUT2D eigenvalue weighted by Crippen LogP contribution is -2.42. The molecule has 0 bridgehead atoms. The van der Waals surface area contributed by atoms with Gasteiger partial charge in [-0.25, -0.2) is 0 Å². The second-order valence-corrected chi connectivity index (χ2v) is 9.73. The van der Waals surface area contributed by atoms with Gasteiger partial charge in [-0.1, -0.05) is 129 Å². The van der Waals surface area contributed by atoms with Crippen LogP contribution in [-0.2, 0) is 9.59 Å². The van der Waals surface area contributed by atoms with Crippen molar-refractivity contribution in [1.82, 2.24) is 4.90 Å². The number of likely N-dealkylation sites (tertiary alicyclic amines) is 1. The number of allylic oxidation sites excluding steroid dienone is 1. The molecule has 1 heterocycles. The summed E-state index contributed by atoms with van der Waals surface area (Å²) >= 11 is 0. The zero-order chi connectivity index (χ0) is 22.7. The van der Waals surface area contributed by atoms with E-state index in [9.17, 15) is 9.59 Å². The molecule has 1 saturated heterocycles. The highest BCUT2D eigenvalue weighted by atomic mass is 16.2. The molecule has 0 radical (unpaired) electrons. The third-order valence-corrected chi connectivity index (χ3v) is 6.79. The van der Waals surface area contributed by atoms with Crippen molar-refractivity contribution in [2.24, 2.45) is 5.92 Å². The summed E-state index contributed by atoms with van der Waals surface area (Å²) in [6, 6.07) is -0.0447. The van der Waals surface area contributed by atoms with Gasteiger partial charge in [-0.3, -0.25) is 14.5 Å². The van der Waals surface area contributed by atoms with E-state index in [1.54, 1.807) is 4.90 Å². The number of unbranched alkanes of at least 4 members (excludes halogenated alkanes) is 14. The van der Waals surface area contributed by atoms with Crippen LogP contribution in [0.25, 0.3) is 0 Å². The minimum atomic E-state index is -0.0447. The monoisotopic (exact) mass is 433 g/mol. The third kappa shape index (κ3) is 12.5. The van der Waals surface area contributed by atoms with E-state index in [0.717, 1.165) is 12.8 Å². The Morgan fingerprint density at radius 2 is 1.16 bits per heavy atom. The quantitative estimate of drug-likeness (QED) is 0.110. The standard InChI is InChI=1S/C28H51NO2/c1-4-6-8-10-11-12-13-14-15-16-17-18-19-21-25(3)26(22-20-9-7-5-2)29-27(30)23-24-28(29)31/h20,22,25-26H,4-19,21,23-24H2,1-3H3. The molecule has 0 aromatic carbocycles. The van der Waals surface area contributed by atoms with Gasteiger partial charge in [0.2, 0.25) is 11.8 Å². The minimum Gasteiger partial charge on any atom is -0.275 e. The van der Waals surface area contributed by atoms with Crippen molar-refractivity contribution in [3.05, 3.63) is 12.2 Å². The van der Waals surface area contributed by atoms with Crippen LogP contribution in [0, 0.1) is 5.92 Å². The van der Waals surface area contributed by atoms with Gasteiger partial charge in [0.1, 0.15) is 0 Å². The fraction of sp³-hybridized carbons (Fsp3) is 0.857. The summed E-state index contributed by atoms with van der Waals surface area (Å²) in [4.78, 5) is 26.1. The average molecular weight is 434 g/mol. The molecule has 0 N–H and O–H groups in total. The molecule has 0 aliphatic carbocycles. The number of imide groups is 1. The fourth-order valence-corrected chi connectivity index (χ4v) is 4.67. The first-order chi connectivity index (χ1) is 15.1. The summed E-state index contributed by atoms with van der Waals surface area (Å²) in [7, 11) is 0. The Kier molecular flexibility index (Phi) is 16.6. The molecule has 0 aromatic rings. The van der Waals surface area contributed by atoms with E-state index in [4.69, 9.17) is 0 Å². The van der Waals surface area contributed by atoms with Crippen LogP contribution in [0.4, 0.5) is 0 Å². The number of carbonyl (C=O) groups excluding carboxylic acids is 2. The summed E-state index contributed by atoms with van der Waals surface area (Å²) in [6.45, 7) is 6.68. The molecule has 1 aliphatic heterocycles. The first-order valence-electron chi connectivity index (χ1n) is 13.6. The van der Waals surface area contributed by atoms with Crippen LogP contribution in [-0.4, -0.2) is 22.8 Å². The Hall–Kier alpha value is -1.12. The lowest BCUT2D eigenvalue weighted by molar-refractivity contribution is -0.141. The summed E-state index contributed by atoms with van der Waals surface area (Å²) < 4.78 is 0. The molecule has 1 rings (SSSR count). The van der Waals surface area contributed by atoms with Gasteiger partial charge < -0.3 is 0 Å². The number of nitrogens with zero attached hydrogens (tertiary/aromatic N) is 1. The van der Waals surface area contributed by atoms with Crippen LogP contribution in [0.15, 0.2) is 12.2 Å². The van der Waals surface area contributed by atoms with E-state index in [2.05, 4.69) is 32.9 Å². The summed E-state index contributed by atoms with van der Waals surface area (Å²) in [5.74, 6) is 0.385. The van der Waals surface area contributed by atoms with Crippen molar-refractivity contribution in [3.63, 3.8) is 0 Å². The Bertz CT molecular complexity index is 483. The number of carbonyl (C=O) groups is 2. The predicted molar refractivity (Wildman–Crippen MR) is 133 cm³/mol. The molecule has 2 atom stereocenters. The Labute approximate surface area is 193 Å². The summed E-state index contributed by atoms with van der Waals surface area (Å²) in [5.41, 5.74) is 0. The Morgan fingerprint density at radius 1 is 0.710 bits per heavy atom. The first-order valence-corrected chi connectivity index (χ1v) is 13.6. The van der Waals surface area contributed by atoms with Crippen molar-refractivity contribution in [2.45, 2.75) is 149 Å². The van der Waals surface area contributed by atoms with Gasteiger partial charge in [-0.05, 0) is 18.8 Å². The maximum atomic E-state index is 12.3. The van der Waals surface area contributed by atoms with E-state index < -0.39 is 0 Å². The van der Waals surface area contributed by atoms with Crippen LogP contribution < -0.4 is 0 Å². The topological polar surface area (TPSA) is 37.4 Å². The molecule has 1 fully saturated rings. The zero-order valence-corrected chi connectivity index (χ0v) is 21.0. The van der Waals surface area contributed by atoms with Crippen molar-refractivity contribution >= 4 is 11.8 Å². The molecule has 0 spiro atoms. The van der Waals surface area contributed by atoms with E-state index in [1.165, 1.54) is 96.3 Å². The van der Waals surface area contributed by atoms with E-state index in [-0.39, 0.29) is 17.9 Å². The highest BCUT2D eigenvalue weighted by Gasteiger charge is 2.35. The predicted octanol–water partition coefficient (Wildman–Crippen LogP) is 8.37. The van der Waals surface area contributed by atoms with E-state index in [1.807, 2.05) is 0 Å². The third-order valence-electron chi connectivity index (χ3n) is 6.79. The molecule has 2 unspecified atom stereocenters. The van der Waals surface area contributed by atoms with Crippen LogP contribution in [0.2, 0.25) is 0 Å². The Morgan fingerprint density at radius 3 is 1.65 bits per heavy atom. The molecule has 180 valence electrons. The second kappa shape index (κ2) is 18.5. The minimum absolute atomic E-state index is 0.0207. The summed E-state index contributed by atoms with van der Waals surface area (Å²) in [5, 5.41) is 0. The number of hydrogen-bond donors (Lipinski definition) is 0. The molecule has 0 aromatic heterocycles. The van der Waals surface area contributed by atoms with Gasteiger partial charge in [-0.15, -0.1) is 0 Å². The number of amides is 2. The van der Waals surface area contributed by atoms with Gasteiger partial charge >= 0.3 is 0 Å². The average Bonchev–Trinajstić information content (AvgIpc) is 3.09. The second-order valence-electron chi connectivity index (χ2n) is 9.73. The SMILES string of the molecule is CCCCC=CC(C(C)CCCCCCCCCCCCCCC)N1C(=O)CCC1=O. The van der Waals surface area contributed by atoms with Crippen LogP contribution >= 0.6 is 0 Å². The van der Waals surface area contributed by atoms with Gasteiger partial charge in [0, 0.05) is 12.8 Å². The molecule has 0 saturated carbocycles. The fourth-order valence-electron chi connectivity index (χ4n) is 4.67. The van der Waals surface area contributed by atoms with Crippen molar-refractivity contribution in [2.75, 3.05) is 0 Å². The Balaban J connectivity index is 2.19. The van der Waals surface area contributed by atoms with Crippen molar-refractivity contribution in [1.29, 1.82) is 0 Å². The lowest BCUT2D eigenvalue weighted by atomic mass is 9.93. The van der Waals surface area contributed by atoms with Gasteiger partial charge in [0.15, 0.2) is 0 Å². The highest BCUT2D eigenvalue weighted by molar-refractivity contribution is 6.02. The summed E-state index contributed by atoms with van der Waals surface area (Å²) in [6.07, 6.45) is 27.4. The highest BCUT2D eigenvalue weighted by Crippen LogP contribution is 2.25. The normalized spacial score (nSPS) is 16.5. The number of rotatable bonds is 20. The van der Waals surface area contributed by atoms with Gasteiger partial charge in [0.05, 0.1) is 6.04 Å². The van der Waals surface area contributed by atoms with Gasteiger partial charge in [-0.2, -0.15) is 0 Å². The number of hydrogen-bond acceptors (Lipinski definition) is 2. The van der Waals surface area contributed by atoms with E-state index in [0.29, 0.717) is 18.8 Å².